The van der Waals surface area contributed by atoms with E-state index < -0.39 is 32.5 Å². The number of aromatic nitrogens is 3. The lowest BCUT2D eigenvalue weighted by atomic mass is 9.75. The Balaban J connectivity index is 0.000000212. The molecule has 9 aromatic rings. The summed E-state index contributed by atoms with van der Waals surface area (Å²) in [7, 11) is 17.1. The highest BCUT2D eigenvalue weighted by atomic mass is 16.6. The van der Waals surface area contributed by atoms with E-state index >= 15 is 0 Å². The maximum atomic E-state index is 12.2. The van der Waals surface area contributed by atoms with Gasteiger partial charge in [-0.05, 0) is 61.5 Å². The standard InChI is InChI=1S/C42H36N10O4.C24H23N5O3/c1-44-36-35(40-38(30-13-9-11-15-33(30)48(40)7)50(42(36)46(4)5)26-18-22-28(23-19-26)52(55)56)34-31(24-43)41(45(2)3)49(25-16-20-27(21-17-25)51(53)54)37-29-12-8-10-14-32(29)47(6)39(34)37;1-15(30)13-19-20(14-25)24(26(2)3)28(16-9-11-17(12-10-16)29(31)32)23-18-7-5-6-8-21(18)27(4)22(19)23/h8-23,34-35H,2-7H3;5-12,19H,13H2,1-4H3. The molecule has 0 saturated heterocycles. The second kappa shape index (κ2) is 22.4. The number of nitro groups is 3. The number of aryl methyl sites for hydroxylation is 3. The van der Waals surface area contributed by atoms with Gasteiger partial charge in [-0.15, -0.1) is 0 Å². The number of hydrogen-bond acceptors (Lipinski definition) is 15. The maximum absolute atomic E-state index is 12.2. The summed E-state index contributed by atoms with van der Waals surface area (Å²) in [4.78, 5) is 61.4. The van der Waals surface area contributed by atoms with E-state index in [1.807, 2.05) is 170 Å². The number of rotatable bonds is 12. The normalized spacial score (nSPS) is 16.1. The van der Waals surface area contributed by atoms with E-state index in [1.54, 1.807) is 36.4 Å². The third kappa shape index (κ3) is 9.11. The number of carbonyl (C=O) groups is 1. The molecule has 0 saturated carbocycles. The summed E-state index contributed by atoms with van der Waals surface area (Å²) in [6.07, 6.45) is 0.214. The summed E-state index contributed by atoms with van der Waals surface area (Å²) in [6.45, 7) is 10.5. The number of nitriles is 2. The van der Waals surface area contributed by atoms with Crippen molar-refractivity contribution in [3.63, 3.8) is 0 Å². The monoisotopic (exact) mass is 1170 g/mol. The number of anilines is 6. The van der Waals surface area contributed by atoms with Crippen LogP contribution in [0.5, 0.6) is 0 Å². The molecule has 0 aliphatic carbocycles. The average Bonchev–Trinajstić information content (AvgIpc) is 1.81. The molecule has 0 spiro atoms. The first-order chi connectivity index (χ1) is 42.2. The minimum Gasteiger partial charge on any atom is -0.373 e. The summed E-state index contributed by atoms with van der Waals surface area (Å²) in [6, 6.07) is 47.8. The Hall–Kier alpha value is -11.7. The Morgan fingerprint density at radius 2 is 0.818 bits per heavy atom. The third-order valence-corrected chi connectivity index (χ3v) is 16.7. The molecule has 12 rings (SSSR count). The second-order valence-electron chi connectivity index (χ2n) is 22.4. The number of nitro benzene ring substituents is 3. The molecule has 6 heterocycles. The number of allylic oxidation sites excluding steroid dienone is 3. The van der Waals surface area contributed by atoms with Gasteiger partial charge in [0, 0.05) is 157 Å². The van der Waals surface area contributed by atoms with Crippen molar-refractivity contribution < 1.29 is 19.6 Å². The minimum atomic E-state index is -0.697. The average molecular weight is 1170 g/mol. The number of para-hydroxylation sites is 3. The fourth-order valence-corrected chi connectivity index (χ4v) is 13.2. The zero-order valence-corrected chi connectivity index (χ0v) is 49.9. The Morgan fingerprint density at radius 3 is 1.15 bits per heavy atom. The van der Waals surface area contributed by atoms with Crippen molar-refractivity contribution in [2.24, 2.45) is 21.1 Å². The van der Waals surface area contributed by atoms with Gasteiger partial charge in [-0.3, -0.25) is 44.9 Å². The molecule has 440 valence electrons. The van der Waals surface area contributed by atoms with E-state index in [4.69, 9.17) is 6.57 Å². The highest BCUT2D eigenvalue weighted by Gasteiger charge is 2.50. The van der Waals surface area contributed by atoms with E-state index in [2.05, 4.69) is 26.1 Å². The van der Waals surface area contributed by atoms with Crippen LogP contribution in [0, 0.1) is 59.6 Å². The molecular weight excluding hydrogens is 1110 g/mol. The highest BCUT2D eigenvalue weighted by Crippen LogP contribution is 2.61. The van der Waals surface area contributed by atoms with E-state index in [1.165, 1.54) is 43.3 Å². The molecule has 3 aliphatic rings. The summed E-state index contributed by atoms with van der Waals surface area (Å²) >= 11 is 0. The lowest BCUT2D eigenvalue weighted by Gasteiger charge is -2.45. The highest BCUT2D eigenvalue weighted by molar-refractivity contribution is 6.04. The van der Waals surface area contributed by atoms with Crippen molar-refractivity contribution in [1.29, 1.82) is 10.5 Å². The Bertz CT molecular complexity index is 4450. The predicted molar refractivity (Wildman–Crippen MR) is 338 cm³/mol. The zero-order chi connectivity index (χ0) is 62.9. The first-order valence-electron chi connectivity index (χ1n) is 27.9. The summed E-state index contributed by atoms with van der Waals surface area (Å²) in [5.74, 6) is 0.0124. The van der Waals surface area contributed by atoms with Gasteiger partial charge in [0.1, 0.15) is 23.2 Å². The molecule has 0 amide bonds. The molecule has 3 atom stereocenters. The van der Waals surface area contributed by atoms with Gasteiger partial charge < -0.3 is 33.3 Å². The lowest BCUT2D eigenvalue weighted by Crippen LogP contribution is -2.39. The van der Waals surface area contributed by atoms with Crippen LogP contribution in [0.25, 0.3) is 37.6 Å². The van der Waals surface area contributed by atoms with Crippen molar-refractivity contribution in [3.05, 3.63) is 239 Å². The molecule has 0 bridgehead atoms. The van der Waals surface area contributed by atoms with Crippen LogP contribution < -0.4 is 14.7 Å². The van der Waals surface area contributed by atoms with Gasteiger partial charge in [0.2, 0.25) is 5.70 Å². The first kappa shape index (κ1) is 58.1. The molecular formula is C66H59N15O7. The maximum Gasteiger partial charge on any atom is 0.269 e. The van der Waals surface area contributed by atoms with Crippen molar-refractivity contribution in [3.8, 4) is 12.1 Å². The zero-order valence-electron chi connectivity index (χ0n) is 49.9. The largest absolute Gasteiger partial charge is 0.373 e. The van der Waals surface area contributed by atoms with Crippen LogP contribution in [0.3, 0.4) is 0 Å². The molecule has 0 N–H and O–H groups in total. The topological polar surface area (TPSA) is 233 Å². The van der Waals surface area contributed by atoms with Gasteiger partial charge in [-0.25, -0.2) is 4.85 Å². The molecule has 22 nitrogen and oxygen atoms in total. The van der Waals surface area contributed by atoms with Crippen molar-refractivity contribution >= 4 is 89.7 Å². The van der Waals surface area contributed by atoms with Crippen LogP contribution in [0.1, 0.15) is 48.2 Å². The second-order valence-corrected chi connectivity index (χ2v) is 22.4. The first-order valence-corrected chi connectivity index (χ1v) is 27.9. The predicted octanol–water partition coefficient (Wildman–Crippen LogP) is 13.2. The van der Waals surface area contributed by atoms with Crippen LogP contribution in [0.4, 0.5) is 51.2 Å². The number of nitrogens with zero attached hydrogens (tertiary/aromatic N) is 15. The van der Waals surface area contributed by atoms with E-state index in [0.29, 0.717) is 51.4 Å². The van der Waals surface area contributed by atoms with E-state index in [-0.39, 0.29) is 29.3 Å². The lowest BCUT2D eigenvalue weighted by molar-refractivity contribution is -0.385. The van der Waals surface area contributed by atoms with E-state index in [0.717, 1.165) is 66.9 Å². The number of non-ortho nitro benzene ring substituents is 3. The van der Waals surface area contributed by atoms with Gasteiger partial charge in [-0.1, -0.05) is 54.6 Å². The number of ketones is 1. The molecule has 88 heavy (non-hydrogen) atoms. The van der Waals surface area contributed by atoms with Gasteiger partial charge in [0.05, 0.1) is 95.5 Å². The number of carbonyl (C=O) groups excluding carboxylic acids is 1. The van der Waals surface area contributed by atoms with Gasteiger partial charge in [0.25, 0.3) is 17.1 Å². The fraction of sp³-hybridized carbons (Fsp3) is 0.212. The van der Waals surface area contributed by atoms with E-state index in [9.17, 15) is 45.7 Å². The minimum absolute atomic E-state index is 0.000785. The quantitative estimate of drug-likeness (QED) is 0.0628. The van der Waals surface area contributed by atoms with Crippen LogP contribution >= 0.6 is 0 Å². The van der Waals surface area contributed by atoms with Crippen LogP contribution in [0.2, 0.25) is 0 Å². The molecule has 6 aromatic carbocycles. The van der Waals surface area contributed by atoms with Crippen LogP contribution in [0.15, 0.2) is 180 Å². The molecule has 22 heteroatoms. The smallest absolute Gasteiger partial charge is 0.269 e. The number of benzene rings is 6. The van der Waals surface area contributed by atoms with Gasteiger partial charge in [-0.2, -0.15) is 10.5 Å². The Kier molecular flexibility index (Phi) is 14.8. The Morgan fingerprint density at radius 1 is 0.500 bits per heavy atom. The van der Waals surface area contributed by atoms with Crippen LogP contribution in [-0.4, -0.2) is 91.2 Å². The molecule has 0 fully saturated rings. The van der Waals surface area contributed by atoms with Crippen molar-refractivity contribution in [1.82, 2.24) is 28.4 Å². The SMILES string of the molecule is CC(=O)CC1C(C#N)=C(N(C)C)N(c2ccc([N+](=O)[O-])cc2)c2c1n(C)c1ccccc21.[C-]#[N+]C1=C(N(C)C)N(c2ccc([N+](=O)[O-])cc2)c2c(n(C)c3ccccc23)C1C1C(C#N)=C(N(C)C)N(c2ccc([N+](=O)[O-])cc2)c2c1n(C)c1ccccc21. The number of hydrogen-bond donors (Lipinski definition) is 0. The third-order valence-electron chi connectivity index (χ3n) is 16.7. The van der Waals surface area contributed by atoms with Gasteiger partial charge >= 0.3 is 0 Å². The molecule has 3 aliphatic heterocycles. The molecule has 3 aromatic heterocycles. The summed E-state index contributed by atoms with van der Waals surface area (Å²) < 4.78 is 6.24. The van der Waals surface area contributed by atoms with Gasteiger partial charge in [0.15, 0.2) is 0 Å². The molecule has 3 unspecified atom stereocenters. The fourth-order valence-electron chi connectivity index (χ4n) is 13.2. The summed E-state index contributed by atoms with van der Waals surface area (Å²) in [5, 5.41) is 59.0. The molecule has 0 radical (unpaired) electrons. The number of Topliss-reactive ketones (excluding diaryl/α,β-unsaturated/α-hetero) is 1. The van der Waals surface area contributed by atoms with Crippen LogP contribution in [-0.2, 0) is 25.9 Å². The Labute approximate surface area is 506 Å². The number of fused-ring (bicyclic) bond motifs is 9. The van der Waals surface area contributed by atoms with Crippen molar-refractivity contribution in [2.45, 2.75) is 31.1 Å². The summed E-state index contributed by atoms with van der Waals surface area (Å²) in [5.41, 5.74) is 10.9. The van der Waals surface area contributed by atoms with Crippen molar-refractivity contribution in [2.75, 3.05) is 57.0 Å².